The number of carbonyl (C=O) groups is 1. The monoisotopic (exact) mass is 412 g/mol. The number of hydrogen-bond donors (Lipinski definition) is 2. The lowest BCUT2D eigenvalue weighted by atomic mass is 10.0. The van der Waals surface area contributed by atoms with Gasteiger partial charge >= 0.3 is 0 Å². The van der Waals surface area contributed by atoms with Crippen LogP contribution in [0.4, 0.5) is 4.39 Å². The zero-order valence-corrected chi connectivity index (χ0v) is 17.9. The molecule has 1 aliphatic rings. The van der Waals surface area contributed by atoms with Gasteiger partial charge in [-0.2, -0.15) is 5.10 Å². The van der Waals surface area contributed by atoms with Gasteiger partial charge in [-0.3, -0.25) is 9.89 Å². The number of rotatable bonds is 5. The van der Waals surface area contributed by atoms with E-state index in [-0.39, 0.29) is 5.91 Å². The number of benzene rings is 1. The highest BCUT2D eigenvalue weighted by Crippen LogP contribution is 2.26. The number of nitrogens with one attached hydrogen (secondary N) is 2. The van der Waals surface area contributed by atoms with E-state index in [2.05, 4.69) is 39.2 Å². The molecule has 4 rings (SSSR count). The molecule has 0 bridgehead atoms. The Hall–Kier alpha value is -2.74. The Morgan fingerprint density at radius 2 is 2.20 bits per heavy atom. The number of aromatic nitrogens is 4. The van der Waals surface area contributed by atoms with E-state index in [9.17, 15) is 9.18 Å². The van der Waals surface area contributed by atoms with Crippen LogP contribution in [0.2, 0.25) is 0 Å². The lowest BCUT2D eigenvalue weighted by molar-refractivity contribution is 0.0748. The van der Waals surface area contributed by atoms with Crippen LogP contribution in [0.1, 0.15) is 36.6 Å². The average molecular weight is 413 g/mol. The molecule has 8 heteroatoms. The summed E-state index contributed by atoms with van der Waals surface area (Å²) in [5, 5.41) is 10.7. The van der Waals surface area contributed by atoms with E-state index in [1.54, 1.807) is 0 Å². The van der Waals surface area contributed by atoms with Crippen LogP contribution >= 0.6 is 0 Å². The number of aryl methyl sites for hydroxylation is 1. The van der Waals surface area contributed by atoms with Gasteiger partial charge in [0.2, 0.25) is 0 Å². The minimum Gasteiger partial charge on any atom is -0.345 e. The molecule has 160 valence electrons. The standard InChI is InChI=1S/C22H29FN6O/c1-13(2)11-29-8-7-19(17(23)12-29)25-22(30)21-16-9-15(5-6-18(16)26-27-21)20-10-24-14(3)28(20)4/h5-6,9-10,13,17,19H,7-8,11-12H2,1-4H3,(H,25,30)(H,26,27)/t17-,19-/m0/s1. The molecule has 30 heavy (non-hydrogen) atoms. The van der Waals surface area contributed by atoms with Gasteiger partial charge in [-0.05, 0) is 31.4 Å². The van der Waals surface area contributed by atoms with E-state index in [1.165, 1.54) is 0 Å². The van der Waals surface area contributed by atoms with Crippen molar-refractivity contribution in [2.75, 3.05) is 19.6 Å². The highest BCUT2D eigenvalue weighted by molar-refractivity contribution is 6.05. The van der Waals surface area contributed by atoms with Gasteiger partial charge in [0.05, 0.1) is 23.4 Å². The van der Waals surface area contributed by atoms with Gasteiger partial charge in [-0.25, -0.2) is 9.37 Å². The largest absolute Gasteiger partial charge is 0.345 e. The van der Waals surface area contributed by atoms with Gasteiger partial charge in [0.15, 0.2) is 5.69 Å². The predicted octanol–water partition coefficient (Wildman–Crippen LogP) is 3.07. The van der Waals surface area contributed by atoms with Gasteiger partial charge in [-0.15, -0.1) is 0 Å². The van der Waals surface area contributed by atoms with Gasteiger partial charge in [0.25, 0.3) is 5.91 Å². The number of imidazole rings is 1. The fraction of sp³-hybridized carbons (Fsp3) is 0.500. The van der Waals surface area contributed by atoms with Crippen LogP contribution < -0.4 is 5.32 Å². The molecule has 3 aromatic rings. The summed E-state index contributed by atoms with van der Waals surface area (Å²) in [5.41, 5.74) is 2.98. The fourth-order valence-electron chi connectivity index (χ4n) is 4.17. The lowest BCUT2D eigenvalue weighted by Crippen LogP contribution is -2.53. The zero-order valence-electron chi connectivity index (χ0n) is 17.9. The predicted molar refractivity (Wildman–Crippen MR) is 115 cm³/mol. The Kier molecular flexibility index (Phi) is 5.60. The molecule has 2 N–H and O–H groups in total. The number of halogens is 1. The van der Waals surface area contributed by atoms with Crippen molar-refractivity contribution in [1.29, 1.82) is 0 Å². The minimum absolute atomic E-state index is 0.294. The van der Waals surface area contributed by atoms with Crippen LogP contribution in [0.5, 0.6) is 0 Å². The van der Waals surface area contributed by atoms with Crippen LogP contribution in [0.15, 0.2) is 24.4 Å². The molecule has 0 spiro atoms. The summed E-state index contributed by atoms with van der Waals surface area (Å²) in [7, 11) is 1.96. The maximum absolute atomic E-state index is 14.7. The van der Waals surface area contributed by atoms with Gasteiger partial charge in [0.1, 0.15) is 12.0 Å². The maximum Gasteiger partial charge on any atom is 0.272 e. The zero-order chi connectivity index (χ0) is 21.4. The summed E-state index contributed by atoms with van der Waals surface area (Å²) in [5.74, 6) is 1.06. The van der Waals surface area contributed by atoms with Crippen LogP contribution in [0.25, 0.3) is 22.2 Å². The summed E-state index contributed by atoms with van der Waals surface area (Å²) >= 11 is 0. The van der Waals surface area contributed by atoms with Crippen molar-refractivity contribution in [1.82, 2.24) is 30.0 Å². The summed E-state index contributed by atoms with van der Waals surface area (Å²) in [6.07, 6.45) is 1.33. The first-order valence-electron chi connectivity index (χ1n) is 10.5. The average Bonchev–Trinajstić information content (AvgIpc) is 3.26. The molecule has 1 fully saturated rings. The van der Waals surface area contributed by atoms with Crippen LogP contribution in [0, 0.1) is 12.8 Å². The summed E-state index contributed by atoms with van der Waals surface area (Å²) in [6.45, 7) is 8.22. The second kappa shape index (κ2) is 8.18. The van der Waals surface area contributed by atoms with E-state index in [4.69, 9.17) is 0 Å². The molecule has 0 aliphatic carbocycles. The lowest BCUT2D eigenvalue weighted by Gasteiger charge is -2.35. The molecule has 1 amide bonds. The Morgan fingerprint density at radius 1 is 1.40 bits per heavy atom. The molecule has 2 atom stereocenters. The highest BCUT2D eigenvalue weighted by atomic mass is 19.1. The van der Waals surface area contributed by atoms with Gasteiger partial charge in [-0.1, -0.05) is 19.9 Å². The number of aromatic amines is 1. The molecule has 7 nitrogen and oxygen atoms in total. The molecule has 0 radical (unpaired) electrons. The normalized spacial score (nSPS) is 20.2. The molecule has 0 saturated carbocycles. The van der Waals surface area contributed by atoms with Crippen LogP contribution in [0.3, 0.4) is 0 Å². The molecule has 1 aliphatic heterocycles. The quantitative estimate of drug-likeness (QED) is 0.675. The van der Waals surface area contributed by atoms with Crippen molar-refractivity contribution in [2.24, 2.45) is 13.0 Å². The Bertz CT molecular complexity index is 1060. The number of carbonyl (C=O) groups excluding carboxylic acids is 1. The first-order chi connectivity index (χ1) is 14.3. The minimum atomic E-state index is -1.08. The van der Waals surface area contributed by atoms with Crippen molar-refractivity contribution in [3.05, 3.63) is 35.9 Å². The number of amides is 1. The number of nitrogens with zero attached hydrogens (tertiary/aromatic N) is 4. The van der Waals surface area contributed by atoms with Crippen LogP contribution in [-0.4, -0.2) is 62.4 Å². The van der Waals surface area contributed by atoms with E-state index in [0.29, 0.717) is 24.6 Å². The molecule has 1 saturated heterocycles. The van der Waals surface area contributed by atoms with Crippen molar-refractivity contribution in [3.63, 3.8) is 0 Å². The SMILES string of the molecule is Cc1ncc(-c2ccc3[nH]nc(C(=O)N[C@H]4CCN(CC(C)C)C[C@@H]4F)c3c2)n1C. The molecular formula is C22H29FN6O. The number of piperidine rings is 1. The third-order valence-electron chi connectivity index (χ3n) is 5.86. The van der Waals surface area contributed by atoms with E-state index in [1.807, 2.05) is 42.9 Å². The van der Waals surface area contributed by atoms with Crippen molar-refractivity contribution in [3.8, 4) is 11.3 Å². The third-order valence-corrected chi connectivity index (χ3v) is 5.86. The van der Waals surface area contributed by atoms with Crippen molar-refractivity contribution < 1.29 is 9.18 Å². The summed E-state index contributed by atoms with van der Waals surface area (Å²) in [6, 6.07) is 5.32. The molecule has 2 aromatic heterocycles. The second-order valence-electron chi connectivity index (χ2n) is 8.62. The van der Waals surface area contributed by atoms with Crippen molar-refractivity contribution >= 4 is 16.8 Å². The molecule has 1 aromatic carbocycles. The number of fused-ring (bicyclic) bond motifs is 1. The number of likely N-dealkylation sites (tertiary alicyclic amines) is 1. The van der Waals surface area contributed by atoms with E-state index >= 15 is 0 Å². The first kappa shape index (κ1) is 20.5. The summed E-state index contributed by atoms with van der Waals surface area (Å²) < 4.78 is 16.7. The smallest absolute Gasteiger partial charge is 0.272 e. The Labute approximate surface area is 175 Å². The van der Waals surface area contributed by atoms with Crippen molar-refractivity contribution in [2.45, 2.75) is 39.4 Å². The highest BCUT2D eigenvalue weighted by Gasteiger charge is 2.31. The first-order valence-corrected chi connectivity index (χ1v) is 10.5. The van der Waals surface area contributed by atoms with E-state index < -0.39 is 12.2 Å². The number of alkyl halides is 1. The third kappa shape index (κ3) is 3.96. The van der Waals surface area contributed by atoms with E-state index in [0.717, 1.165) is 41.1 Å². The number of H-pyrrole nitrogens is 1. The van der Waals surface area contributed by atoms with Gasteiger partial charge in [0, 0.05) is 37.6 Å². The van der Waals surface area contributed by atoms with Gasteiger partial charge < -0.3 is 14.8 Å². The maximum atomic E-state index is 14.7. The topological polar surface area (TPSA) is 78.8 Å². The molecular weight excluding hydrogens is 383 g/mol. The summed E-state index contributed by atoms with van der Waals surface area (Å²) in [4.78, 5) is 19.4. The number of hydrogen-bond acceptors (Lipinski definition) is 4. The fourth-order valence-corrected chi connectivity index (χ4v) is 4.17. The molecule has 0 unspecified atom stereocenters. The van der Waals surface area contributed by atoms with Crippen LogP contribution in [-0.2, 0) is 7.05 Å². The second-order valence-corrected chi connectivity index (χ2v) is 8.62. The Balaban J connectivity index is 1.52. The molecule has 3 heterocycles. The Morgan fingerprint density at radius 3 is 2.87 bits per heavy atom.